The van der Waals surface area contributed by atoms with Crippen molar-refractivity contribution in [3.05, 3.63) is 42.7 Å². The van der Waals surface area contributed by atoms with Crippen LogP contribution in [0.15, 0.2) is 36.9 Å². The van der Waals surface area contributed by atoms with E-state index in [2.05, 4.69) is 44.1 Å². The summed E-state index contributed by atoms with van der Waals surface area (Å²) in [6.07, 6.45) is 7.91. The van der Waals surface area contributed by atoms with Gasteiger partial charge in [0.15, 0.2) is 17.0 Å². The molecule has 6 heteroatoms. The molecule has 108 valence electrons. The van der Waals surface area contributed by atoms with Crippen molar-refractivity contribution in [2.75, 3.05) is 5.32 Å². The number of nitrogens with zero attached hydrogens (tertiary/aromatic N) is 5. The fourth-order valence-corrected chi connectivity index (χ4v) is 1.63. The Balaban J connectivity index is 0.000000497. The molecule has 3 heterocycles. The zero-order valence-electron chi connectivity index (χ0n) is 12.4. The molecule has 3 aromatic heterocycles. The largest absolute Gasteiger partial charge is 0.338 e. The van der Waals surface area contributed by atoms with E-state index in [1.807, 2.05) is 19.1 Å². The van der Waals surface area contributed by atoms with Crippen LogP contribution < -0.4 is 5.32 Å². The lowest BCUT2D eigenvalue weighted by Crippen LogP contribution is -2.01. The van der Waals surface area contributed by atoms with Gasteiger partial charge in [-0.2, -0.15) is 0 Å². The van der Waals surface area contributed by atoms with Gasteiger partial charge in [-0.1, -0.05) is 20.3 Å². The van der Waals surface area contributed by atoms with E-state index in [1.54, 1.807) is 24.8 Å². The van der Waals surface area contributed by atoms with Crippen molar-refractivity contribution in [3.8, 4) is 0 Å². The third-order valence-electron chi connectivity index (χ3n) is 2.39. The van der Waals surface area contributed by atoms with Gasteiger partial charge in [0.1, 0.15) is 5.82 Å². The summed E-state index contributed by atoms with van der Waals surface area (Å²) in [5, 5.41) is 3.19. The average molecular weight is 282 g/mol. The number of aromatic nitrogens is 5. The highest BCUT2D eigenvalue weighted by Gasteiger charge is 2.07. The van der Waals surface area contributed by atoms with E-state index in [1.165, 1.54) is 6.42 Å². The Hall–Kier alpha value is -2.63. The number of hydrogen-bond acceptors (Lipinski definition) is 6. The van der Waals surface area contributed by atoms with Gasteiger partial charge in [0.2, 0.25) is 0 Å². The Morgan fingerprint density at radius 3 is 2.33 bits per heavy atom. The van der Waals surface area contributed by atoms with Crippen LogP contribution in [0.3, 0.4) is 0 Å². The lowest BCUT2D eigenvalue weighted by molar-refractivity contribution is 1.06. The minimum absolute atomic E-state index is 0.585. The molecule has 0 unspecified atom stereocenters. The maximum atomic E-state index is 4.35. The van der Waals surface area contributed by atoms with Crippen LogP contribution in [0, 0.1) is 6.92 Å². The van der Waals surface area contributed by atoms with Gasteiger partial charge in [0.25, 0.3) is 0 Å². The zero-order valence-corrected chi connectivity index (χ0v) is 12.4. The second-order valence-electron chi connectivity index (χ2n) is 4.42. The van der Waals surface area contributed by atoms with Crippen LogP contribution in [0.25, 0.3) is 11.2 Å². The van der Waals surface area contributed by atoms with E-state index >= 15 is 0 Å². The normalized spacial score (nSPS) is 9.86. The Morgan fingerprint density at radius 1 is 0.952 bits per heavy atom. The molecular formula is C15H18N6. The molecule has 0 fully saturated rings. The summed E-state index contributed by atoms with van der Waals surface area (Å²) in [4.78, 5) is 21.0. The average Bonchev–Trinajstić information content (AvgIpc) is 2.49. The smallest absolute Gasteiger partial charge is 0.183 e. The molecule has 0 radical (unpaired) electrons. The van der Waals surface area contributed by atoms with Crippen LogP contribution >= 0.6 is 0 Å². The fraction of sp³-hybridized carbons (Fsp3) is 0.267. The molecule has 21 heavy (non-hydrogen) atoms. The monoisotopic (exact) mass is 282 g/mol. The summed E-state index contributed by atoms with van der Waals surface area (Å²) in [7, 11) is 0. The molecule has 0 aromatic carbocycles. The molecule has 1 N–H and O–H groups in total. The van der Waals surface area contributed by atoms with Crippen LogP contribution in [0.5, 0.6) is 0 Å². The summed E-state index contributed by atoms with van der Waals surface area (Å²) in [5.41, 5.74) is 2.14. The number of aryl methyl sites for hydroxylation is 1. The predicted octanol–water partition coefficient (Wildman–Crippen LogP) is 3.28. The van der Waals surface area contributed by atoms with E-state index in [0.717, 1.165) is 5.69 Å². The van der Waals surface area contributed by atoms with Crippen LogP contribution in [-0.2, 0) is 0 Å². The zero-order chi connectivity index (χ0) is 15.1. The van der Waals surface area contributed by atoms with Crippen LogP contribution in [0.1, 0.15) is 26.1 Å². The number of pyridine rings is 1. The second-order valence-corrected chi connectivity index (χ2v) is 4.42. The van der Waals surface area contributed by atoms with Gasteiger partial charge in [-0.3, -0.25) is 4.98 Å². The molecule has 0 atom stereocenters. The van der Waals surface area contributed by atoms with Gasteiger partial charge in [-0.25, -0.2) is 19.9 Å². The van der Waals surface area contributed by atoms with Crippen molar-refractivity contribution in [2.45, 2.75) is 27.2 Å². The molecule has 0 saturated heterocycles. The summed E-state index contributed by atoms with van der Waals surface area (Å²) >= 11 is 0. The van der Waals surface area contributed by atoms with Gasteiger partial charge in [-0.05, 0) is 19.1 Å². The third-order valence-corrected chi connectivity index (χ3v) is 2.39. The maximum Gasteiger partial charge on any atom is 0.183 e. The van der Waals surface area contributed by atoms with E-state index < -0.39 is 0 Å². The number of anilines is 2. The van der Waals surface area contributed by atoms with E-state index in [0.29, 0.717) is 22.8 Å². The summed E-state index contributed by atoms with van der Waals surface area (Å²) in [6.45, 7) is 6.08. The highest BCUT2D eigenvalue weighted by Crippen LogP contribution is 2.19. The summed E-state index contributed by atoms with van der Waals surface area (Å²) < 4.78 is 0. The van der Waals surface area contributed by atoms with Crippen molar-refractivity contribution in [3.63, 3.8) is 0 Å². The number of fused-ring (bicyclic) bond motifs is 1. The molecular weight excluding hydrogens is 264 g/mol. The Kier molecular flexibility index (Phi) is 5.09. The number of nitrogens with one attached hydrogen (secondary N) is 1. The number of rotatable bonds is 2. The minimum Gasteiger partial charge on any atom is -0.338 e. The van der Waals surface area contributed by atoms with E-state index in [9.17, 15) is 0 Å². The first-order chi connectivity index (χ1) is 10.2. The minimum atomic E-state index is 0.585. The standard InChI is InChI=1S/C12H10N6.C3H8/c1-8-16-11-10(14-6-7-15-11)12(17-8)18-9-2-4-13-5-3-9;1-3-2/h2-7H,1H3,(H,13,15,16,17,18);3H2,1-2H3. The van der Waals surface area contributed by atoms with Gasteiger partial charge in [-0.15, -0.1) is 0 Å². The molecule has 0 aliphatic carbocycles. The van der Waals surface area contributed by atoms with Crippen molar-refractivity contribution < 1.29 is 0 Å². The quantitative estimate of drug-likeness (QED) is 0.777. The van der Waals surface area contributed by atoms with E-state index in [4.69, 9.17) is 0 Å². The SMILES string of the molecule is CCC.Cc1nc(Nc2ccncc2)c2nccnc2n1. The molecule has 0 spiro atoms. The lowest BCUT2D eigenvalue weighted by atomic mass is 10.4. The van der Waals surface area contributed by atoms with Crippen molar-refractivity contribution in [1.82, 2.24) is 24.9 Å². The molecule has 0 aliphatic heterocycles. The highest BCUT2D eigenvalue weighted by atomic mass is 15.1. The predicted molar refractivity (Wildman–Crippen MR) is 83.3 cm³/mol. The topological polar surface area (TPSA) is 76.5 Å². The molecule has 0 amide bonds. The van der Waals surface area contributed by atoms with Crippen LogP contribution in [-0.4, -0.2) is 24.9 Å². The van der Waals surface area contributed by atoms with Gasteiger partial charge < -0.3 is 5.32 Å². The fourth-order valence-electron chi connectivity index (χ4n) is 1.63. The van der Waals surface area contributed by atoms with Gasteiger partial charge in [0, 0.05) is 30.5 Å². The first kappa shape index (κ1) is 14.8. The summed E-state index contributed by atoms with van der Waals surface area (Å²) in [6, 6.07) is 3.72. The van der Waals surface area contributed by atoms with Crippen LogP contribution in [0.2, 0.25) is 0 Å². The van der Waals surface area contributed by atoms with Gasteiger partial charge in [0.05, 0.1) is 0 Å². The maximum absolute atomic E-state index is 4.35. The van der Waals surface area contributed by atoms with Crippen molar-refractivity contribution in [1.29, 1.82) is 0 Å². The van der Waals surface area contributed by atoms with Gasteiger partial charge >= 0.3 is 0 Å². The summed E-state index contributed by atoms with van der Waals surface area (Å²) in [5.74, 6) is 1.30. The first-order valence-corrected chi connectivity index (χ1v) is 6.87. The number of hydrogen-bond donors (Lipinski definition) is 1. The van der Waals surface area contributed by atoms with Crippen molar-refractivity contribution >= 4 is 22.7 Å². The Labute approximate surface area is 123 Å². The molecule has 0 saturated carbocycles. The first-order valence-electron chi connectivity index (χ1n) is 6.87. The van der Waals surface area contributed by atoms with Crippen LogP contribution in [0.4, 0.5) is 11.5 Å². The molecule has 3 aromatic rings. The lowest BCUT2D eigenvalue weighted by Gasteiger charge is -2.07. The van der Waals surface area contributed by atoms with Crippen molar-refractivity contribution in [2.24, 2.45) is 0 Å². The Bertz CT molecular complexity index is 699. The Morgan fingerprint density at radius 2 is 1.62 bits per heavy atom. The molecule has 0 bridgehead atoms. The molecule has 0 aliphatic rings. The molecule has 6 nitrogen and oxygen atoms in total. The highest BCUT2D eigenvalue weighted by molar-refractivity contribution is 5.84. The van der Waals surface area contributed by atoms with E-state index in [-0.39, 0.29) is 0 Å². The molecule has 3 rings (SSSR count). The second kappa shape index (κ2) is 7.23. The third kappa shape index (κ3) is 3.92.